The first kappa shape index (κ1) is 19.9. The van der Waals surface area contributed by atoms with Crippen LogP contribution in [0.4, 0.5) is 5.13 Å². The molecule has 1 heterocycles. The summed E-state index contributed by atoms with van der Waals surface area (Å²) in [6.07, 6.45) is 0. The van der Waals surface area contributed by atoms with E-state index in [1.165, 1.54) is 11.3 Å². The van der Waals surface area contributed by atoms with Gasteiger partial charge in [-0.05, 0) is 48.9 Å². The van der Waals surface area contributed by atoms with E-state index in [0.717, 1.165) is 21.5 Å². The minimum atomic E-state index is -0.146. The van der Waals surface area contributed by atoms with Gasteiger partial charge in [0.2, 0.25) is 0 Å². The van der Waals surface area contributed by atoms with E-state index in [1.807, 2.05) is 73.7 Å². The summed E-state index contributed by atoms with van der Waals surface area (Å²) in [6.45, 7) is 2.91. The number of ether oxygens (including phenoxy) is 2. The first-order valence-electron chi connectivity index (χ1n) is 9.78. The van der Waals surface area contributed by atoms with Crippen molar-refractivity contribution >= 4 is 32.6 Å². The maximum absolute atomic E-state index is 13.1. The Morgan fingerprint density at radius 2 is 1.57 bits per heavy atom. The number of amides is 1. The molecule has 4 rings (SSSR count). The SMILES string of the molecule is CCOc1ccc(OCC(=O)N(Cc2ccccc2)c2nc3ccccc3s2)cc1. The third-order valence-electron chi connectivity index (χ3n) is 4.50. The van der Waals surface area contributed by atoms with Gasteiger partial charge in [-0.25, -0.2) is 4.98 Å². The number of para-hydroxylation sites is 1. The van der Waals surface area contributed by atoms with Crippen LogP contribution in [0.15, 0.2) is 78.9 Å². The summed E-state index contributed by atoms with van der Waals surface area (Å²) in [6, 6.07) is 25.1. The number of aromatic nitrogens is 1. The van der Waals surface area contributed by atoms with Gasteiger partial charge < -0.3 is 9.47 Å². The molecule has 5 nitrogen and oxygen atoms in total. The van der Waals surface area contributed by atoms with Crippen molar-refractivity contribution in [2.75, 3.05) is 18.1 Å². The summed E-state index contributed by atoms with van der Waals surface area (Å²) < 4.78 is 12.2. The van der Waals surface area contributed by atoms with Crippen molar-refractivity contribution in [1.29, 1.82) is 0 Å². The largest absolute Gasteiger partial charge is 0.494 e. The summed E-state index contributed by atoms with van der Waals surface area (Å²) in [5.74, 6) is 1.25. The van der Waals surface area contributed by atoms with Gasteiger partial charge in [-0.1, -0.05) is 53.8 Å². The third-order valence-corrected chi connectivity index (χ3v) is 5.55. The molecule has 0 aliphatic carbocycles. The van der Waals surface area contributed by atoms with Crippen LogP contribution in [-0.2, 0) is 11.3 Å². The van der Waals surface area contributed by atoms with Crippen LogP contribution >= 0.6 is 11.3 Å². The Labute approximate surface area is 179 Å². The summed E-state index contributed by atoms with van der Waals surface area (Å²) in [4.78, 5) is 19.5. The van der Waals surface area contributed by atoms with E-state index in [9.17, 15) is 4.79 Å². The lowest BCUT2D eigenvalue weighted by Crippen LogP contribution is -2.34. The fraction of sp³-hybridized carbons (Fsp3) is 0.167. The van der Waals surface area contributed by atoms with Crippen molar-refractivity contribution < 1.29 is 14.3 Å². The molecule has 30 heavy (non-hydrogen) atoms. The summed E-state index contributed by atoms with van der Waals surface area (Å²) in [5.41, 5.74) is 1.92. The fourth-order valence-electron chi connectivity index (χ4n) is 3.03. The second kappa shape index (κ2) is 9.41. The lowest BCUT2D eigenvalue weighted by Gasteiger charge is -2.20. The monoisotopic (exact) mass is 418 g/mol. The molecule has 0 aliphatic rings. The van der Waals surface area contributed by atoms with Crippen LogP contribution in [0, 0.1) is 0 Å². The number of thiazole rings is 1. The van der Waals surface area contributed by atoms with Crippen LogP contribution in [0.25, 0.3) is 10.2 Å². The molecule has 1 amide bonds. The Hall–Kier alpha value is -3.38. The zero-order valence-electron chi connectivity index (χ0n) is 16.7. The predicted molar refractivity (Wildman–Crippen MR) is 120 cm³/mol. The van der Waals surface area contributed by atoms with Crippen LogP contribution in [0.5, 0.6) is 11.5 Å². The number of carbonyl (C=O) groups excluding carboxylic acids is 1. The van der Waals surface area contributed by atoms with Gasteiger partial charge in [0.1, 0.15) is 11.5 Å². The first-order valence-corrected chi connectivity index (χ1v) is 10.6. The molecule has 0 saturated heterocycles. The predicted octanol–water partition coefficient (Wildman–Crippen LogP) is 5.31. The van der Waals surface area contributed by atoms with E-state index in [-0.39, 0.29) is 12.5 Å². The number of anilines is 1. The van der Waals surface area contributed by atoms with Gasteiger partial charge in [0, 0.05) is 0 Å². The van der Waals surface area contributed by atoms with Crippen LogP contribution in [-0.4, -0.2) is 24.1 Å². The molecule has 1 aromatic heterocycles. The Bertz CT molecular complexity index is 1080. The standard InChI is InChI=1S/C24H22N2O3S/c1-2-28-19-12-14-20(15-13-19)29-17-23(27)26(16-18-8-4-3-5-9-18)24-25-21-10-6-7-11-22(21)30-24/h3-15H,2,16-17H2,1H3. The zero-order valence-corrected chi connectivity index (χ0v) is 17.5. The molecule has 0 bridgehead atoms. The smallest absolute Gasteiger partial charge is 0.267 e. The van der Waals surface area contributed by atoms with E-state index in [1.54, 1.807) is 17.0 Å². The van der Waals surface area contributed by atoms with Gasteiger partial charge >= 0.3 is 0 Å². The quantitative estimate of drug-likeness (QED) is 0.389. The lowest BCUT2D eigenvalue weighted by atomic mass is 10.2. The second-order valence-corrected chi connectivity index (χ2v) is 7.63. The van der Waals surface area contributed by atoms with Crippen LogP contribution in [0.2, 0.25) is 0 Å². The maximum atomic E-state index is 13.1. The van der Waals surface area contributed by atoms with Gasteiger partial charge in [0.15, 0.2) is 11.7 Å². The molecule has 0 unspecified atom stereocenters. The van der Waals surface area contributed by atoms with Crippen molar-refractivity contribution in [3.05, 3.63) is 84.4 Å². The number of rotatable bonds is 8. The maximum Gasteiger partial charge on any atom is 0.267 e. The molecule has 0 aliphatic heterocycles. The molecule has 0 atom stereocenters. The molecular weight excluding hydrogens is 396 g/mol. The number of hydrogen-bond donors (Lipinski definition) is 0. The molecule has 0 saturated carbocycles. The highest BCUT2D eigenvalue weighted by Gasteiger charge is 2.21. The molecule has 0 radical (unpaired) electrons. The highest BCUT2D eigenvalue weighted by molar-refractivity contribution is 7.22. The van der Waals surface area contributed by atoms with E-state index in [0.29, 0.717) is 24.0 Å². The molecule has 4 aromatic rings. The topological polar surface area (TPSA) is 51.7 Å². The van der Waals surface area contributed by atoms with E-state index >= 15 is 0 Å². The van der Waals surface area contributed by atoms with Crippen molar-refractivity contribution in [1.82, 2.24) is 4.98 Å². The Kier molecular flexibility index (Phi) is 6.25. The lowest BCUT2D eigenvalue weighted by molar-refractivity contribution is -0.120. The molecule has 3 aromatic carbocycles. The van der Waals surface area contributed by atoms with Crippen molar-refractivity contribution in [3.8, 4) is 11.5 Å². The van der Waals surface area contributed by atoms with Crippen molar-refractivity contribution in [2.24, 2.45) is 0 Å². The molecule has 0 N–H and O–H groups in total. The summed E-state index contributed by atoms with van der Waals surface area (Å²) >= 11 is 1.50. The Morgan fingerprint density at radius 1 is 0.900 bits per heavy atom. The number of nitrogens with zero attached hydrogens (tertiary/aromatic N) is 2. The van der Waals surface area contributed by atoms with Gasteiger partial charge in [-0.2, -0.15) is 0 Å². The summed E-state index contributed by atoms with van der Waals surface area (Å²) in [5, 5.41) is 0.667. The highest BCUT2D eigenvalue weighted by atomic mass is 32.1. The molecule has 0 spiro atoms. The van der Waals surface area contributed by atoms with E-state index < -0.39 is 0 Å². The summed E-state index contributed by atoms with van der Waals surface area (Å²) in [7, 11) is 0. The third kappa shape index (κ3) is 4.78. The van der Waals surface area contributed by atoms with Crippen molar-refractivity contribution in [2.45, 2.75) is 13.5 Å². The molecule has 0 fully saturated rings. The highest BCUT2D eigenvalue weighted by Crippen LogP contribution is 2.30. The van der Waals surface area contributed by atoms with Gasteiger partial charge in [0.25, 0.3) is 5.91 Å². The van der Waals surface area contributed by atoms with Crippen LogP contribution in [0.1, 0.15) is 12.5 Å². The van der Waals surface area contributed by atoms with Gasteiger partial charge in [-0.3, -0.25) is 9.69 Å². The number of benzene rings is 3. The fourth-order valence-corrected chi connectivity index (χ4v) is 4.01. The van der Waals surface area contributed by atoms with Gasteiger partial charge in [-0.15, -0.1) is 0 Å². The second-order valence-electron chi connectivity index (χ2n) is 6.62. The van der Waals surface area contributed by atoms with E-state index in [2.05, 4.69) is 4.98 Å². The average Bonchev–Trinajstić information content (AvgIpc) is 3.21. The Morgan fingerprint density at radius 3 is 2.27 bits per heavy atom. The molecule has 6 heteroatoms. The average molecular weight is 419 g/mol. The number of hydrogen-bond acceptors (Lipinski definition) is 5. The first-order chi connectivity index (χ1) is 14.7. The minimum absolute atomic E-state index is 0.0727. The Balaban J connectivity index is 1.52. The number of carbonyl (C=O) groups is 1. The van der Waals surface area contributed by atoms with Crippen molar-refractivity contribution in [3.63, 3.8) is 0 Å². The van der Waals surface area contributed by atoms with Crippen LogP contribution in [0.3, 0.4) is 0 Å². The van der Waals surface area contributed by atoms with E-state index in [4.69, 9.17) is 9.47 Å². The zero-order chi connectivity index (χ0) is 20.8. The van der Waals surface area contributed by atoms with Crippen LogP contribution < -0.4 is 14.4 Å². The number of fused-ring (bicyclic) bond motifs is 1. The molecule has 152 valence electrons. The van der Waals surface area contributed by atoms with Gasteiger partial charge in [0.05, 0.1) is 23.4 Å². The minimum Gasteiger partial charge on any atom is -0.494 e. The normalized spacial score (nSPS) is 10.7. The molecular formula is C24H22N2O3S.